The third-order valence-corrected chi connectivity index (χ3v) is 8.32. The summed E-state index contributed by atoms with van der Waals surface area (Å²) in [7, 11) is 0. The average Bonchev–Trinajstić information content (AvgIpc) is 3.10. The van der Waals surface area contributed by atoms with Crippen LogP contribution < -0.4 is 16.0 Å². The molecule has 1 aliphatic carbocycles. The monoisotopic (exact) mass is 637 g/mol. The maximum absolute atomic E-state index is 13.4. The van der Waals surface area contributed by atoms with Crippen molar-refractivity contribution in [3.05, 3.63) is 166 Å². The van der Waals surface area contributed by atoms with Gasteiger partial charge in [0, 0.05) is 32.8 Å². The number of ketones is 2. The minimum atomic E-state index is -0.521. The van der Waals surface area contributed by atoms with E-state index in [1.807, 2.05) is 30.3 Å². The molecular weight excluding hydrogens is 611 g/mol. The number of fused-ring (bicyclic) bond motifs is 2. The average molecular weight is 638 g/mol. The smallest absolute Gasteiger partial charge is 0.272 e. The quantitative estimate of drug-likeness (QED) is 0.121. The van der Waals surface area contributed by atoms with Crippen LogP contribution in [0.5, 0.6) is 0 Å². The lowest BCUT2D eigenvalue weighted by Crippen LogP contribution is -2.30. The number of benzene rings is 5. The Morgan fingerprint density at radius 3 is 2.02 bits per heavy atom. The molecule has 47 heavy (non-hydrogen) atoms. The predicted molar refractivity (Wildman–Crippen MR) is 183 cm³/mol. The minimum Gasteiger partial charge on any atom is -0.325 e. The largest absolute Gasteiger partial charge is 0.325 e. The Hall–Kier alpha value is -6.06. The molecular formula is C38H27N3O5S. The van der Waals surface area contributed by atoms with Crippen molar-refractivity contribution in [3.63, 3.8) is 0 Å². The molecule has 5 aromatic rings. The van der Waals surface area contributed by atoms with Gasteiger partial charge in [0.15, 0.2) is 11.6 Å². The van der Waals surface area contributed by atoms with Gasteiger partial charge in [-0.05, 0) is 48.0 Å². The molecule has 0 fully saturated rings. The number of rotatable bonds is 9. The zero-order valence-electron chi connectivity index (χ0n) is 24.9. The second-order valence-electron chi connectivity index (χ2n) is 10.5. The molecule has 0 radical (unpaired) electrons. The topological polar surface area (TPSA) is 121 Å². The summed E-state index contributed by atoms with van der Waals surface area (Å²) in [4.78, 5) is 66.3. The van der Waals surface area contributed by atoms with Crippen LogP contribution in [0.3, 0.4) is 0 Å². The van der Waals surface area contributed by atoms with Crippen LogP contribution in [0.25, 0.3) is 6.08 Å². The molecule has 0 spiro atoms. The van der Waals surface area contributed by atoms with E-state index in [1.165, 1.54) is 11.8 Å². The fourth-order valence-corrected chi connectivity index (χ4v) is 5.86. The van der Waals surface area contributed by atoms with E-state index < -0.39 is 11.8 Å². The van der Waals surface area contributed by atoms with Crippen LogP contribution in [0.4, 0.5) is 11.4 Å². The highest BCUT2D eigenvalue weighted by Crippen LogP contribution is 2.32. The highest BCUT2D eigenvalue weighted by Gasteiger charge is 2.31. The third-order valence-electron chi connectivity index (χ3n) is 7.33. The van der Waals surface area contributed by atoms with E-state index in [9.17, 15) is 24.0 Å². The van der Waals surface area contributed by atoms with E-state index in [4.69, 9.17) is 0 Å². The lowest BCUT2D eigenvalue weighted by atomic mass is 9.83. The van der Waals surface area contributed by atoms with Gasteiger partial charge in [-0.15, -0.1) is 11.8 Å². The maximum Gasteiger partial charge on any atom is 0.272 e. The first-order valence-electron chi connectivity index (χ1n) is 14.7. The summed E-state index contributed by atoms with van der Waals surface area (Å²) in [6, 6.07) is 36.2. The molecule has 0 bridgehead atoms. The van der Waals surface area contributed by atoms with E-state index in [2.05, 4.69) is 16.0 Å². The highest BCUT2D eigenvalue weighted by atomic mass is 32.2. The van der Waals surface area contributed by atoms with Crippen LogP contribution in [0.2, 0.25) is 0 Å². The Bertz CT molecular complexity index is 2060. The second-order valence-corrected chi connectivity index (χ2v) is 11.6. The highest BCUT2D eigenvalue weighted by molar-refractivity contribution is 8.00. The number of nitrogens with one attached hydrogen (secondary N) is 3. The molecule has 0 saturated carbocycles. The number of hydrogen-bond donors (Lipinski definition) is 3. The first kappa shape index (κ1) is 30.9. The van der Waals surface area contributed by atoms with Crippen molar-refractivity contribution >= 4 is 58.5 Å². The summed E-state index contributed by atoms with van der Waals surface area (Å²) in [6.07, 6.45) is 1.60. The fourth-order valence-electron chi connectivity index (χ4n) is 5.10. The fraction of sp³-hybridized carbons (Fsp3) is 0.0263. The Morgan fingerprint density at radius 1 is 0.638 bits per heavy atom. The van der Waals surface area contributed by atoms with E-state index in [-0.39, 0.29) is 45.7 Å². The van der Waals surface area contributed by atoms with Crippen molar-refractivity contribution < 1.29 is 24.0 Å². The SMILES string of the molecule is O=C(CSc1cccc(NC(=O)/C(=C\c2ccccc2)NC(=O)c2ccccc2)c1)Nc1cccc2c1C(=O)c1ccccc1C2=O. The Kier molecular flexibility index (Phi) is 9.17. The lowest BCUT2D eigenvalue weighted by Gasteiger charge is -2.20. The molecule has 3 amide bonds. The van der Waals surface area contributed by atoms with Gasteiger partial charge in [-0.1, -0.05) is 91.0 Å². The van der Waals surface area contributed by atoms with Crippen LogP contribution in [0.1, 0.15) is 47.8 Å². The molecule has 0 saturated heterocycles. The Balaban J connectivity index is 1.13. The standard InChI is InChI=1S/C38H27N3O5S/c42-33(40-31-20-10-19-30-34(31)36(44)29-18-8-7-17-28(29)35(30)43)23-47-27-16-9-15-26(22-27)39-38(46)32(21-24-11-3-1-4-12-24)41-37(45)25-13-5-2-6-14-25/h1-22H,23H2,(H,39,46)(H,40,42)(H,41,45)/b32-21+. The second kappa shape index (κ2) is 13.9. The van der Waals surface area contributed by atoms with Crippen LogP contribution in [0.15, 0.2) is 138 Å². The predicted octanol–water partition coefficient (Wildman–Crippen LogP) is 6.60. The van der Waals surface area contributed by atoms with E-state index in [1.54, 1.807) is 103 Å². The summed E-state index contributed by atoms with van der Waals surface area (Å²) < 4.78 is 0. The summed E-state index contributed by atoms with van der Waals surface area (Å²) in [5.74, 6) is -1.88. The van der Waals surface area contributed by atoms with E-state index >= 15 is 0 Å². The normalized spacial score (nSPS) is 12.0. The molecule has 0 aliphatic heterocycles. The first-order valence-corrected chi connectivity index (χ1v) is 15.6. The van der Waals surface area contributed by atoms with Crippen LogP contribution in [0, 0.1) is 0 Å². The van der Waals surface area contributed by atoms with Gasteiger partial charge < -0.3 is 16.0 Å². The number of amides is 3. The van der Waals surface area contributed by atoms with Gasteiger partial charge >= 0.3 is 0 Å². The summed E-state index contributed by atoms with van der Waals surface area (Å²) in [5.41, 5.74) is 3.03. The third kappa shape index (κ3) is 7.11. The molecule has 8 nitrogen and oxygen atoms in total. The Morgan fingerprint density at radius 2 is 1.28 bits per heavy atom. The molecule has 5 aromatic carbocycles. The molecule has 3 N–H and O–H groups in total. The summed E-state index contributed by atoms with van der Waals surface area (Å²) in [6.45, 7) is 0. The van der Waals surface area contributed by atoms with E-state index in [0.29, 0.717) is 27.3 Å². The number of thioether (sulfide) groups is 1. The van der Waals surface area contributed by atoms with Crippen molar-refractivity contribution in [2.75, 3.05) is 16.4 Å². The van der Waals surface area contributed by atoms with Crippen molar-refractivity contribution in [2.24, 2.45) is 0 Å². The molecule has 9 heteroatoms. The summed E-state index contributed by atoms with van der Waals surface area (Å²) >= 11 is 1.24. The van der Waals surface area contributed by atoms with Crippen LogP contribution in [-0.2, 0) is 9.59 Å². The van der Waals surface area contributed by atoms with Gasteiger partial charge in [-0.25, -0.2) is 0 Å². The molecule has 0 aromatic heterocycles. The van der Waals surface area contributed by atoms with Crippen LogP contribution in [-0.4, -0.2) is 35.0 Å². The maximum atomic E-state index is 13.4. The van der Waals surface area contributed by atoms with Gasteiger partial charge in [0.2, 0.25) is 5.91 Å². The molecule has 0 unspecified atom stereocenters. The van der Waals surface area contributed by atoms with Crippen molar-refractivity contribution in [3.8, 4) is 0 Å². The number of hydrogen-bond acceptors (Lipinski definition) is 6. The zero-order valence-corrected chi connectivity index (χ0v) is 25.7. The Labute approximate surface area is 274 Å². The molecule has 6 rings (SSSR count). The summed E-state index contributed by atoms with van der Waals surface area (Å²) in [5, 5.41) is 8.34. The number of carbonyl (C=O) groups excluding carboxylic acids is 5. The van der Waals surface area contributed by atoms with Gasteiger partial charge in [-0.3, -0.25) is 24.0 Å². The number of carbonyl (C=O) groups is 5. The number of anilines is 2. The first-order chi connectivity index (χ1) is 22.9. The van der Waals surface area contributed by atoms with Crippen LogP contribution >= 0.6 is 11.8 Å². The molecule has 0 atom stereocenters. The van der Waals surface area contributed by atoms with Gasteiger partial charge in [-0.2, -0.15) is 0 Å². The molecule has 230 valence electrons. The van der Waals surface area contributed by atoms with Gasteiger partial charge in [0.05, 0.1) is 17.0 Å². The molecule has 0 heterocycles. The molecule has 1 aliphatic rings. The minimum absolute atomic E-state index is 0.00604. The lowest BCUT2D eigenvalue weighted by molar-refractivity contribution is -0.114. The zero-order chi connectivity index (χ0) is 32.8. The van der Waals surface area contributed by atoms with E-state index in [0.717, 1.165) is 5.56 Å². The van der Waals surface area contributed by atoms with Crippen molar-refractivity contribution in [2.45, 2.75) is 4.90 Å². The van der Waals surface area contributed by atoms with Crippen molar-refractivity contribution in [1.29, 1.82) is 0 Å². The van der Waals surface area contributed by atoms with Gasteiger partial charge in [0.25, 0.3) is 11.8 Å². The van der Waals surface area contributed by atoms with Crippen molar-refractivity contribution in [1.82, 2.24) is 5.32 Å². The van der Waals surface area contributed by atoms with Gasteiger partial charge in [0.1, 0.15) is 5.70 Å².